The first-order valence-corrected chi connectivity index (χ1v) is 16.3. The van der Waals surface area contributed by atoms with E-state index in [2.05, 4.69) is 50.3 Å². The summed E-state index contributed by atoms with van der Waals surface area (Å²) in [7, 11) is 1.26. The number of benzene rings is 3. The quantitative estimate of drug-likeness (QED) is 0.0590. The van der Waals surface area contributed by atoms with E-state index in [9.17, 15) is 14.4 Å². The number of carbonyl (C=O) groups excluding carboxylic acids is 3. The minimum Gasteiger partial charge on any atom is -0.494 e. The van der Waals surface area contributed by atoms with Crippen molar-refractivity contribution >= 4 is 46.5 Å². The van der Waals surface area contributed by atoms with Gasteiger partial charge in [-0.15, -0.1) is 0 Å². The number of halogens is 1. The average Bonchev–Trinajstić information content (AvgIpc) is 3.38. The molecular weight excluding hydrogens is 701 g/mol. The summed E-state index contributed by atoms with van der Waals surface area (Å²) in [4.78, 5) is 43.4. The van der Waals surface area contributed by atoms with E-state index in [1.807, 2.05) is 61.5 Å². The summed E-state index contributed by atoms with van der Waals surface area (Å²) >= 11 is 2.30. The van der Waals surface area contributed by atoms with Crippen LogP contribution in [0.1, 0.15) is 48.8 Å². The molecule has 0 saturated carbocycles. The summed E-state index contributed by atoms with van der Waals surface area (Å²) in [6.45, 7) is 2.96. The third-order valence-corrected chi connectivity index (χ3v) is 8.54. The van der Waals surface area contributed by atoms with E-state index in [1.54, 1.807) is 0 Å². The highest BCUT2D eigenvalue weighted by Crippen LogP contribution is 2.46. The molecule has 1 unspecified atom stereocenters. The zero-order valence-electron chi connectivity index (χ0n) is 26.0. The first-order chi connectivity index (χ1) is 22.2. The van der Waals surface area contributed by atoms with Crippen LogP contribution in [0.4, 0.5) is 4.79 Å². The van der Waals surface area contributed by atoms with Crippen molar-refractivity contribution in [1.82, 2.24) is 10.6 Å². The molecule has 1 aliphatic rings. The Bertz CT molecular complexity index is 1540. The Hall–Kier alpha value is -4.33. The number of amides is 2. The van der Waals surface area contributed by atoms with Gasteiger partial charge in [-0.05, 0) is 87.9 Å². The number of carbonyl (C=O) groups is 3. The molecule has 0 bridgehead atoms. The molecule has 1 aliphatic carbocycles. The Balaban J connectivity index is 1.44. The highest BCUT2D eigenvalue weighted by Gasteiger charge is 2.32. The molecule has 46 heavy (non-hydrogen) atoms. The number of ether oxygens (including phenoxy) is 3. The van der Waals surface area contributed by atoms with Gasteiger partial charge in [0.25, 0.3) is 0 Å². The molecule has 0 aliphatic heterocycles. The minimum atomic E-state index is -1.03. The maximum absolute atomic E-state index is 13.5. The van der Waals surface area contributed by atoms with Crippen molar-refractivity contribution in [2.45, 2.75) is 50.6 Å². The molecule has 3 aromatic rings. The fourth-order valence-electron chi connectivity index (χ4n) is 5.40. The maximum atomic E-state index is 13.5. The summed E-state index contributed by atoms with van der Waals surface area (Å²) in [5.74, 6) is -0.688. The van der Waals surface area contributed by atoms with Crippen LogP contribution in [0.5, 0.6) is 5.75 Å². The number of hydrogen-bond acceptors (Lipinski definition) is 7. The summed E-state index contributed by atoms with van der Waals surface area (Å²) in [6.07, 6.45) is 0.893. The normalized spacial score (nSPS) is 14.2. The number of guanidine groups is 1. The van der Waals surface area contributed by atoms with Gasteiger partial charge in [0, 0.05) is 22.5 Å². The van der Waals surface area contributed by atoms with Crippen molar-refractivity contribution in [3.8, 4) is 16.9 Å². The van der Waals surface area contributed by atoms with Gasteiger partial charge in [-0.2, -0.15) is 0 Å². The second kappa shape index (κ2) is 16.8. The molecule has 244 valence electrons. The summed E-state index contributed by atoms with van der Waals surface area (Å²) in [5.41, 5.74) is 16.1. The molecular formula is C34H40IN5O6. The third-order valence-electron chi connectivity index (χ3n) is 7.60. The van der Waals surface area contributed by atoms with Crippen molar-refractivity contribution in [2.24, 2.45) is 16.5 Å². The van der Waals surface area contributed by atoms with Crippen LogP contribution in [0.3, 0.4) is 0 Å². The SMILES string of the molecule is CCCOc1ccc(C[C@H](NC(=O)[C@H](CCCN=C(N)N)NC(=O)OCC2c3ccccc3-c3cccc(I)c32)C(=O)OC)cc1. The predicted molar refractivity (Wildman–Crippen MR) is 184 cm³/mol. The first kappa shape index (κ1) is 34.5. The van der Waals surface area contributed by atoms with Gasteiger partial charge in [0.1, 0.15) is 24.4 Å². The van der Waals surface area contributed by atoms with Gasteiger partial charge < -0.3 is 36.3 Å². The lowest BCUT2D eigenvalue weighted by Crippen LogP contribution is -2.52. The summed E-state index contributed by atoms with van der Waals surface area (Å²) in [5, 5.41) is 5.44. The van der Waals surface area contributed by atoms with E-state index in [4.69, 9.17) is 25.7 Å². The number of esters is 1. The number of aliphatic imine (C=N–C) groups is 1. The van der Waals surface area contributed by atoms with E-state index in [1.165, 1.54) is 7.11 Å². The second-order valence-electron chi connectivity index (χ2n) is 10.9. The molecule has 11 nitrogen and oxygen atoms in total. The molecule has 0 fully saturated rings. The lowest BCUT2D eigenvalue weighted by Gasteiger charge is -2.23. The van der Waals surface area contributed by atoms with Crippen LogP contribution in [-0.4, -0.2) is 62.9 Å². The zero-order chi connectivity index (χ0) is 33.1. The van der Waals surface area contributed by atoms with E-state index >= 15 is 0 Å². The fraction of sp³-hybridized carbons (Fsp3) is 0.353. The molecule has 3 aromatic carbocycles. The van der Waals surface area contributed by atoms with Gasteiger partial charge in [-0.1, -0.05) is 55.5 Å². The Morgan fingerprint density at radius 1 is 0.957 bits per heavy atom. The average molecular weight is 742 g/mol. The Kier molecular flexibility index (Phi) is 12.6. The molecule has 0 radical (unpaired) electrons. The van der Waals surface area contributed by atoms with Crippen molar-refractivity contribution < 1.29 is 28.6 Å². The van der Waals surface area contributed by atoms with Gasteiger partial charge in [0.2, 0.25) is 5.91 Å². The topological polar surface area (TPSA) is 167 Å². The van der Waals surface area contributed by atoms with Crippen LogP contribution >= 0.6 is 22.6 Å². The van der Waals surface area contributed by atoms with Crippen molar-refractivity contribution in [1.29, 1.82) is 0 Å². The highest BCUT2D eigenvalue weighted by atomic mass is 127. The van der Waals surface area contributed by atoms with Gasteiger partial charge in [0.15, 0.2) is 5.96 Å². The number of methoxy groups -OCH3 is 1. The van der Waals surface area contributed by atoms with Gasteiger partial charge in [-0.25, -0.2) is 9.59 Å². The van der Waals surface area contributed by atoms with Gasteiger partial charge in [0.05, 0.1) is 13.7 Å². The monoisotopic (exact) mass is 741 g/mol. The molecule has 6 N–H and O–H groups in total. The molecule has 0 spiro atoms. The molecule has 12 heteroatoms. The number of nitrogens with two attached hydrogens (primary N) is 2. The molecule has 0 heterocycles. The summed E-state index contributed by atoms with van der Waals surface area (Å²) < 4.78 is 17.4. The molecule has 0 aromatic heterocycles. The number of hydrogen-bond donors (Lipinski definition) is 4. The van der Waals surface area contributed by atoms with Crippen LogP contribution in [0.15, 0.2) is 71.7 Å². The number of nitrogens with one attached hydrogen (secondary N) is 2. The maximum Gasteiger partial charge on any atom is 0.407 e. The molecule has 0 saturated heterocycles. The lowest BCUT2D eigenvalue weighted by molar-refractivity contribution is -0.145. The third kappa shape index (κ3) is 9.12. The number of rotatable bonds is 15. The molecule has 4 rings (SSSR count). The van der Waals surface area contributed by atoms with Crippen molar-refractivity contribution in [3.05, 3.63) is 87.0 Å². The zero-order valence-corrected chi connectivity index (χ0v) is 28.1. The fourth-order valence-corrected chi connectivity index (χ4v) is 6.28. The molecule has 3 atom stereocenters. The molecule has 2 amide bonds. The van der Waals surface area contributed by atoms with Crippen LogP contribution in [0, 0.1) is 3.57 Å². The van der Waals surface area contributed by atoms with E-state index in [0.29, 0.717) is 18.8 Å². The van der Waals surface area contributed by atoms with Crippen LogP contribution < -0.4 is 26.8 Å². The van der Waals surface area contributed by atoms with Crippen LogP contribution in [0.2, 0.25) is 0 Å². The Labute approximate surface area is 282 Å². The predicted octanol–water partition coefficient (Wildman–Crippen LogP) is 4.24. The second-order valence-corrected chi connectivity index (χ2v) is 12.0. The van der Waals surface area contributed by atoms with Gasteiger partial charge in [-0.3, -0.25) is 9.79 Å². The number of fused-ring (bicyclic) bond motifs is 3. The van der Waals surface area contributed by atoms with Crippen molar-refractivity contribution in [2.75, 3.05) is 26.9 Å². The highest BCUT2D eigenvalue weighted by molar-refractivity contribution is 14.1. The van der Waals surface area contributed by atoms with Crippen LogP contribution in [0.25, 0.3) is 11.1 Å². The number of nitrogens with zero attached hydrogens (tertiary/aromatic N) is 1. The van der Waals surface area contributed by atoms with Crippen molar-refractivity contribution in [3.63, 3.8) is 0 Å². The minimum absolute atomic E-state index is 0.0722. The van der Waals surface area contributed by atoms with Crippen LogP contribution in [-0.2, 0) is 25.5 Å². The Morgan fingerprint density at radius 3 is 2.41 bits per heavy atom. The largest absolute Gasteiger partial charge is 0.494 e. The Morgan fingerprint density at radius 2 is 1.70 bits per heavy atom. The number of alkyl carbamates (subject to hydrolysis) is 1. The van der Waals surface area contributed by atoms with Gasteiger partial charge >= 0.3 is 12.1 Å². The van der Waals surface area contributed by atoms with E-state index in [-0.39, 0.29) is 37.9 Å². The first-order valence-electron chi connectivity index (χ1n) is 15.2. The van der Waals surface area contributed by atoms with E-state index < -0.39 is 30.1 Å². The standard InChI is InChI=1S/C34H40IN5O6/c1-3-18-45-22-15-13-21(14-16-22)19-29(32(42)44-2)39-31(41)28(12-7-17-38-33(36)37)40-34(43)46-20-26-24-9-5-4-8-23(24)25-10-6-11-27(35)30(25)26/h4-6,8-11,13-16,26,28-29H,3,7,12,17-20H2,1-2H3,(H,39,41)(H,40,43)(H4,36,37,38)/t26?,28-,29-/m0/s1. The summed E-state index contributed by atoms with van der Waals surface area (Å²) in [6, 6.07) is 19.4. The van der Waals surface area contributed by atoms with E-state index in [0.717, 1.165) is 37.8 Å². The smallest absolute Gasteiger partial charge is 0.407 e. The lowest BCUT2D eigenvalue weighted by atomic mass is 9.98.